The zero-order chi connectivity index (χ0) is 27.2. The number of urea groups is 1. The lowest BCUT2D eigenvalue weighted by molar-refractivity contribution is 0.133. The molecule has 2 aromatic carbocycles. The van der Waals surface area contributed by atoms with Gasteiger partial charge in [0, 0.05) is 37.9 Å². The molecule has 0 radical (unpaired) electrons. The summed E-state index contributed by atoms with van der Waals surface area (Å²) >= 11 is 0. The number of halogens is 2. The number of rotatable bonds is 9. The average molecular weight is 524 g/mol. The molecule has 1 aliphatic heterocycles. The Bertz CT molecular complexity index is 1280. The minimum atomic E-state index is -0.580. The number of imidazole rings is 1. The van der Waals surface area contributed by atoms with E-state index in [4.69, 9.17) is 10.7 Å². The van der Waals surface area contributed by atoms with E-state index >= 15 is 0 Å². The van der Waals surface area contributed by atoms with Crippen LogP contribution in [0.15, 0.2) is 66.4 Å². The van der Waals surface area contributed by atoms with Crippen LogP contribution in [0.2, 0.25) is 0 Å². The number of aliphatic hydroxyl groups excluding tert-OH is 1. The number of aliphatic hydroxyl groups is 1. The Hall–Kier alpha value is -3.56. The third kappa shape index (κ3) is 6.11. The highest BCUT2D eigenvalue weighted by molar-refractivity contribution is 5.76. The standard InChI is InChI=1S/C29H35F2N5O2/c1-3-20(2)27(36(14-7-13-32)29(38)34-15-12-23(37)18-34)28-33-26(24-16-22(30)10-11-25(24)31)19-35(28)17-21-8-5-4-6-9-21/h3-6,8-11,16,19,23,27,37H,7,12-15,17-18,32H2,1-2H3/t23-,27+/m0/s1. The second kappa shape index (κ2) is 12.3. The zero-order valence-electron chi connectivity index (χ0n) is 21.9. The molecular weight excluding hydrogens is 488 g/mol. The van der Waals surface area contributed by atoms with Gasteiger partial charge in [0.15, 0.2) is 0 Å². The van der Waals surface area contributed by atoms with Crippen molar-refractivity contribution in [3.63, 3.8) is 0 Å². The summed E-state index contributed by atoms with van der Waals surface area (Å²) in [6.45, 7) is 5.73. The number of nitrogens with zero attached hydrogens (tertiary/aromatic N) is 4. The van der Waals surface area contributed by atoms with Crippen molar-refractivity contribution in [1.29, 1.82) is 0 Å². The highest BCUT2D eigenvalue weighted by Crippen LogP contribution is 2.33. The third-order valence-electron chi connectivity index (χ3n) is 6.93. The Morgan fingerprint density at radius 1 is 1.26 bits per heavy atom. The number of likely N-dealkylation sites (tertiary alicyclic amines) is 1. The van der Waals surface area contributed by atoms with E-state index in [1.54, 1.807) is 16.0 Å². The smallest absolute Gasteiger partial charge is 0.320 e. The Kier molecular flexibility index (Phi) is 8.91. The van der Waals surface area contributed by atoms with Gasteiger partial charge in [0.25, 0.3) is 0 Å². The van der Waals surface area contributed by atoms with Gasteiger partial charge in [0.2, 0.25) is 0 Å². The Morgan fingerprint density at radius 3 is 2.68 bits per heavy atom. The molecule has 3 aromatic rings. The van der Waals surface area contributed by atoms with E-state index in [-0.39, 0.29) is 23.8 Å². The SMILES string of the molecule is CC=C(C)[C@H](c1nc(-c2cc(F)ccc2F)cn1Cc1ccccc1)N(CCCN)C(=O)N1CC[C@H](O)C1. The molecule has 2 amide bonds. The maximum Gasteiger partial charge on any atom is 0.320 e. The minimum Gasteiger partial charge on any atom is -0.391 e. The van der Waals surface area contributed by atoms with E-state index < -0.39 is 23.8 Å². The zero-order valence-corrected chi connectivity index (χ0v) is 21.9. The highest BCUT2D eigenvalue weighted by Gasteiger charge is 2.35. The fraction of sp³-hybridized carbons (Fsp3) is 0.379. The maximum atomic E-state index is 14.8. The first-order valence-corrected chi connectivity index (χ1v) is 12.9. The minimum absolute atomic E-state index is 0.0532. The van der Waals surface area contributed by atoms with Gasteiger partial charge in [-0.15, -0.1) is 0 Å². The molecule has 202 valence electrons. The van der Waals surface area contributed by atoms with Crippen LogP contribution >= 0.6 is 0 Å². The van der Waals surface area contributed by atoms with Crippen molar-refractivity contribution in [3.8, 4) is 11.3 Å². The molecule has 0 aliphatic carbocycles. The maximum absolute atomic E-state index is 14.8. The second-order valence-electron chi connectivity index (χ2n) is 9.66. The van der Waals surface area contributed by atoms with E-state index in [0.29, 0.717) is 44.8 Å². The lowest BCUT2D eigenvalue weighted by atomic mass is 10.1. The molecule has 1 aromatic heterocycles. The molecule has 0 bridgehead atoms. The highest BCUT2D eigenvalue weighted by atomic mass is 19.1. The summed E-state index contributed by atoms with van der Waals surface area (Å²) in [6, 6.07) is 12.3. The summed E-state index contributed by atoms with van der Waals surface area (Å²) in [4.78, 5) is 22.0. The number of β-amino-alcohol motifs (C(OH)–C–C–N with tert-alkyl or cyclic N) is 1. The number of carbonyl (C=O) groups is 1. The van der Waals surface area contributed by atoms with Gasteiger partial charge < -0.3 is 25.2 Å². The molecule has 0 spiro atoms. The van der Waals surface area contributed by atoms with Crippen LogP contribution in [0.1, 0.15) is 44.1 Å². The van der Waals surface area contributed by atoms with Gasteiger partial charge >= 0.3 is 6.03 Å². The summed E-state index contributed by atoms with van der Waals surface area (Å²) in [6.07, 6.45) is 4.17. The van der Waals surface area contributed by atoms with E-state index in [1.165, 1.54) is 0 Å². The van der Waals surface area contributed by atoms with Crippen molar-refractivity contribution >= 4 is 6.03 Å². The van der Waals surface area contributed by atoms with Crippen molar-refractivity contribution in [2.45, 2.75) is 45.4 Å². The molecule has 3 N–H and O–H groups in total. The molecule has 0 unspecified atom stereocenters. The van der Waals surface area contributed by atoms with Gasteiger partial charge in [-0.3, -0.25) is 0 Å². The first-order valence-electron chi connectivity index (χ1n) is 12.9. The van der Waals surface area contributed by atoms with Gasteiger partial charge in [-0.05, 0) is 62.6 Å². The first kappa shape index (κ1) is 27.5. The molecule has 38 heavy (non-hydrogen) atoms. The van der Waals surface area contributed by atoms with Crippen LogP contribution in [0.5, 0.6) is 0 Å². The molecule has 9 heteroatoms. The van der Waals surface area contributed by atoms with E-state index in [1.807, 2.05) is 54.8 Å². The summed E-state index contributed by atoms with van der Waals surface area (Å²) in [5.74, 6) is -0.606. The number of aromatic nitrogens is 2. The number of allylic oxidation sites excluding steroid dienone is 1. The summed E-state index contributed by atoms with van der Waals surface area (Å²) < 4.78 is 30.8. The van der Waals surface area contributed by atoms with Crippen LogP contribution in [-0.4, -0.2) is 62.8 Å². The summed E-state index contributed by atoms with van der Waals surface area (Å²) in [5, 5.41) is 10.1. The van der Waals surface area contributed by atoms with Crippen LogP contribution in [0.4, 0.5) is 13.6 Å². The van der Waals surface area contributed by atoms with Crippen molar-refractivity contribution in [2.24, 2.45) is 5.73 Å². The molecular formula is C29H35F2N5O2. The van der Waals surface area contributed by atoms with Gasteiger partial charge in [-0.1, -0.05) is 36.4 Å². The largest absolute Gasteiger partial charge is 0.391 e. The number of benzene rings is 2. The predicted molar refractivity (Wildman–Crippen MR) is 143 cm³/mol. The second-order valence-corrected chi connectivity index (χ2v) is 9.66. The molecule has 7 nitrogen and oxygen atoms in total. The topological polar surface area (TPSA) is 87.6 Å². The molecule has 2 heterocycles. The van der Waals surface area contributed by atoms with Crippen molar-refractivity contribution in [1.82, 2.24) is 19.4 Å². The van der Waals surface area contributed by atoms with Crippen LogP contribution < -0.4 is 5.73 Å². The number of amides is 2. The van der Waals surface area contributed by atoms with Gasteiger partial charge in [0.05, 0.1) is 11.8 Å². The lowest BCUT2D eigenvalue weighted by Gasteiger charge is -2.35. The molecule has 1 aliphatic rings. The van der Waals surface area contributed by atoms with E-state index in [9.17, 15) is 18.7 Å². The lowest BCUT2D eigenvalue weighted by Crippen LogP contribution is -2.46. The van der Waals surface area contributed by atoms with E-state index in [2.05, 4.69) is 0 Å². The molecule has 2 atom stereocenters. The molecule has 4 rings (SSSR count). The number of carbonyl (C=O) groups excluding carboxylic acids is 1. The first-order chi connectivity index (χ1) is 18.3. The van der Waals surface area contributed by atoms with Gasteiger partial charge in [0.1, 0.15) is 23.5 Å². The Labute approximate surface area is 222 Å². The Morgan fingerprint density at radius 2 is 2.03 bits per heavy atom. The summed E-state index contributed by atoms with van der Waals surface area (Å²) in [7, 11) is 0. The number of hydrogen-bond acceptors (Lipinski definition) is 4. The Balaban J connectivity index is 1.85. The van der Waals surface area contributed by atoms with Crippen molar-refractivity contribution in [3.05, 3.63) is 89.4 Å². The van der Waals surface area contributed by atoms with Crippen LogP contribution in [0.3, 0.4) is 0 Å². The van der Waals surface area contributed by atoms with Gasteiger partial charge in [-0.2, -0.15) is 0 Å². The number of nitrogens with two attached hydrogens (primary N) is 1. The molecule has 1 saturated heterocycles. The van der Waals surface area contributed by atoms with E-state index in [0.717, 1.165) is 29.3 Å². The monoisotopic (exact) mass is 523 g/mol. The molecule has 1 fully saturated rings. The van der Waals surface area contributed by atoms with Crippen LogP contribution in [0, 0.1) is 11.6 Å². The van der Waals surface area contributed by atoms with Crippen LogP contribution in [-0.2, 0) is 6.54 Å². The van der Waals surface area contributed by atoms with Crippen molar-refractivity contribution < 1.29 is 18.7 Å². The van der Waals surface area contributed by atoms with Crippen LogP contribution in [0.25, 0.3) is 11.3 Å². The fourth-order valence-corrected chi connectivity index (χ4v) is 4.82. The number of hydrogen-bond donors (Lipinski definition) is 2. The predicted octanol–water partition coefficient (Wildman–Crippen LogP) is 4.72. The molecule has 0 saturated carbocycles. The fourth-order valence-electron chi connectivity index (χ4n) is 4.82. The average Bonchev–Trinajstić information content (AvgIpc) is 3.54. The third-order valence-corrected chi connectivity index (χ3v) is 6.93. The van der Waals surface area contributed by atoms with Crippen molar-refractivity contribution in [2.75, 3.05) is 26.2 Å². The summed E-state index contributed by atoms with van der Waals surface area (Å²) in [5.41, 5.74) is 8.05. The quantitative estimate of drug-likeness (QED) is 0.398. The van der Waals surface area contributed by atoms with Gasteiger partial charge in [-0.25, -0.2) is 18.6 Å². The normalized spacial score (nSPS) is 16.6.